The quantitative estimate of drug-likeness (QED) is 0.150. The Morgan fingerprint density at radius 2 is 1.83 bits per heavy atom. The van der Waals surface area contributed by atoms with E-state index in [-0.39, 0.29) is 22.1 Å². The summed E-state index contributed by atoms with van der Waals surface area (Å²) >= 11 is 5.88. The predicted octanol–water partition coefficient (Wildman–Crippen LogP) is 7.52. The molecule has 5 rings (SSSR count). The molecule has 4 aromatic rings. The minimum absolute atomic E-state index is 0.0256. The first-order valence-corrected chi connectivity index (χ1v) is 14.0. The lowest BCUT2D eigenvalue weighted by molar-refractivity contribution is -0.141. The number of Topliss-reactive ketones (excluding diaryl/α,β-unsaturated/α-hetero) is 1. The molecule has 6 nitrogen and oxygen atoms in total. The predicted molar refractivity (Wildman–Crippen MR) is 149 cm³/mol. The number of aliphatic hydroxyl groups is 1. The smallest absolute Gasteiger partial charge is 0.379 e. The van der Waals surface area contributed by atoms with Gasteiger partial charge in [0.2, 0.25) is 0 Å². The van der Waals surface area contributed by atoms with Crippen LogP contribution < -0.4 is 0 Å². The lowest BCUT2D eigenvalue weighted by atomic mass is 9.80. The number of hydrogen-bond donors (Lipinski definition) is 1. The second-order valence-corrected chi connectivity index (χ2v) is 11.3. The highest BCUT2D eigenvalue weighted by molar-refractivity contribution is 6.30. The van der Waals surface area contributed by atoms with Gasteiger partial charge in [0.1, 0.15) is 17.1 Å². The molecule has 0 bridgehead atoms. The fourth-order valence-electron chi connectivity index (χ4n) is 5.09. The molecule has 220 valence electrons. The summed E-state index contributed by atoms with van der Waals surface area (Å²) in [4.78, 5) is 22.1. The maximum atomic E-state index is 15.3. The van der Waals surface area contributed by atoms with Crippen molar-refractivity contribution < 1.29 is 27.5 Å². The molecule has 1 N–H and O–H groups in total. The second kappa shape index (κ2) is 11.6. The van der Waals surface area contributed by atoms with Gasteiger partial charge in [0.25, 0.3) is 0 Å². The van der Waals surface area contributed by atoms with E-state index in [9.17, 15) is 23.1 Å². The van der Waals surface area contributed by atoms with Gasteiger partial charge < -0.3 is 5.11 Å². The molecule has 42 heavy (non-hydrogen) atoms. The van der Waals surface area contributed by atoms with Crippen molar-refractivity contribution in [2.24, 2.45) is 11.8 Å². The van der Waals surface area contributed by atoms with E-state index in [1.807, 2.05) is 0 Å². The third-order valence-electron chi connectivity index (χ3n) is 8.01. The molecule has 1 aliphatic rings. The number of benzene rings is 1. The van der Waals surface area contributed by atoms with E-state index < -0.39 is 40.9 Å². The fraction of sp³-hybridized carbons (Fsp3) is 0.355. The number of pyridine rings is 2. The van der Waals surface area contributed by atoms with E-state index in [0.717, 1.165) is 23.9 Å². The van der Waals surface area contributed by atoms with E-state index in [4.69, 9.17) is 11.6 Å². The number of rotatable bonds is 10. The van der Waals surface area contributed by atoms with Crippen molar-refractivity contribution in [2.75, 3.05) is 0 Å². The van der Waals surface area contributed by atoms with Crippen LogP contribution in [0.15, 0.2) is 67.0 Å². The number of alkyl halides is 3. The summed E-state index contributed by atoms with van der Waals surface area (Å²) in [7, 11) is 0. The Morgan fingerprint density at radius 3 is 2.45 bits per heavy atom. The van der Waals surface area contributed by atoms with Gasteiger partial charge in [0, 0.05) is 24.4 Å². The van der Waals surface area contributed by atoms with Gasteiger partial charge in [-0.2, -0.15) is 18.3 Å². The van der Waals surface area contributed by atoms with Gasteiger partial charge in [0.05, 0.1) is 10.7 Å². The minimum atomic E-state index is -4.81. The van der Waals surface area contributed by atoms with E-state index in [2.05, 4.69) is 15.1 Å². The Hall–Kier alpha value is -3.63. The standard InChI is InChI=1S/C31H29ClF4N4O2/c1-18(19(2)29(41)25-16-27(31(34,35)36)39-40(25)28-11-9-22(32)17-38-28)23-15-21(8-10-24(23)33)30(42,13-12-20-6-7-20)26-5-3-4-14-37-26/h3-5,8-11,14-20,42H,6-7,12-13H2,1-2H3. The molecule has 1 fully saturated rings. The Morgan fingerprint density at radius 1 is 1.07 bits per heavy atom. The van der Waals surface area contributed by atoms with Crippen LogP contribution in [-0.4, -0.2) is 30.6 Å². The topological polar surface area (TPSA) is 80.9 Å². The second-order valence-electron chi connectivity index (χ2n) is 10.9. The summed E-state index contributed by atoms with van der Waals surface area (Å²) in [6.07, 6.45) is 1.37. The summed E-state index contributed by atoms with van der Waals surface area (Å²) in [6, 6.07) is 13.0. The summed E-state index contributed by atoms with van der Waals surface area (Å²) in [5.41, 5.74) is -2.08. The van der Waals surface area contributed by atoms with Crippen LogP contribution in [0.5, 0.6) is 0 Å². The van der Waals surface area contributed by atoms with Crippen LogP contribution in [0, 0.1) is 17.7 Å². The van der Waals surface area contributed by atoms with Crippen LogP contribution in [0.3, 0.4) is 0 Å². The van der Waals surface area contributed by atoms with Crippen molar-refractivity contribution in [3.63, 3.8) is 0 Å². The molecule has 3 unspecified atom stereocenters. The van der Waals surface area contributed by atoms with Gasteiger partial charge in [-0.25, -0.2) is 14.1 Å². The van der Waals surface area contributed by atoms with Crippen LogP contribution in [0.1, 0.15) is 78.5 Å². The summed E-state index contributed by atoms with van der Waals surface area (Å²) in [6.45, 7) is 3.15. The maximum Gasteiger partial charge on any atom is 0.435 e. The van der Waals surface area contributed by atoms with E-state index >= 15 is 4.39 Å². The highest BCUT2D eigenvalue weighted by Gasteiger charge is 2.39. The lowest BCUT2D eigenvalue weighted by Gasteiger charge is -2.30. The first-order valence-electron chi connectivity index (χ1n) is 13.7. The molecule has 0 amide bonds. The Balaban J connectivity index is 1.50. The van der Waals surface area contributed by atoms with E-state index in [1.165, 1.54) is 43.5 Å². The van der Waals surface area contributed by atoms with Gasteiger partial charge in [-0.05, 0) is 72.2 Å². The van der Waals surface area contributed by atoms with Crippen LogP contribution >= 0.6 is 11.6 Å². The normalized spacial score (nSPS) is 16.6. The van der Waals surface area contributed by atoms with Gasteiger partial charge in [-0.3, -0.25) is 9.78 Å². The molecule has 0 spiro atoms. The number of carbonyl (C=O) groups is 1. The lowest BCUT2D eigenvalue weighted by Crippen LogP contribution is -2.29. The number of carbonyl (C=O) groups excluding carboxylic acids is 1. The molecular formula is C31H29ClF4N4O2. The number of hydrogen-bond acceptors (Lipinski definition) is 5. The monoisotopic (exact) mass is 600 g/mol. The van der Waals surface area contributed by atoms with Crippen molar-refractivity contribution >= 4 is 17.4 Å². The average Bonchev–Trinajstić information content (AvgIpc) is 3.70. The summed E-state index contributed by atoms with van der Waals surface area (Å²) < 4.78 is 57.0. The first-order chi connectivity index (χ1) is 19.9. The van der Waals surface area contributed by atoms with Crippen LogP contribution in [0.25, 0.3) is 5.82 Å². The molecule has 0 saturated heterocycles. The third kappa shape index (κ3) is 6.10. The van der Waals surface area contributed by atoms with Crippen molar-refractivity contribution in [3.8, 4) is 5.82 Å². The molecule has 1 aliphatic carbocycles. The Bertz CT molecular complexity index is 1570. The maximum absolute atomic E-state index is 15.3. The highest BCUT2D eigenvalue weighted by atomic mass is 35.5. The Labute approximate surface area is 245 Å². The van der Waals surface area contributed by atoms with Crippen molar-refractivity contribution in [1.29, 1.82) is 0 Å². The van der Waals surface area contributed by atoms with Gasteiger partial charge in [-0.1, -0.05) is 50.4 Å². The average molecular weight is 601 g/mol. The Kier molecular flexibility index (Phi) is 8.22. The highest BCUT2D eigenvalue weighted by Crippen LogP contribution is 2.42. The van der Waals surface area contributed by atoms with Gasteiger partial charge >= 0.3 is 6.18 Å². The molecular weight excluding hydrogens is 572 g/mol. The van der Waals surface area contributed by atoms with Crippen LogP contribution in [-0.2, 0) is 11.8 Å². The SMILES string of the molecule is CC(C(=O)c1cc(C(F)(F)F)nn1-c1ccc(Cl)cn1)C(C)c1cc(C(O)(CCC2CC2)c2ccccn2)ccc1F. The molecule has 0 radical (unpaired) electrons. The third-order valence-corrected chi connectivity index (χ3v) is 8.23. The number of aromatic nitrogens is 4. The number of ketones is 1. The van der Waals surface area contributed by atoms with Crippen LogP contribution in [0.4, 0.5) is 17.6 Å². The van der Waals surface area contributed by atoms with Crippen molar-refractivity contribution in [3.05, 3.63) is 106 Å². The molecule has 11 heteroatoms. The summed E-state index contributed by atoms with van der Waals surface area (Å²) in [5.74, 6) is -2.51. The number of nitrogens with zero attached hydrogens (tertiary/aromatic N) is 4. The van der Waals surface area contributed by atoms with Gasteiger partial charge in [-0.15, -0.1) is 0 Å². The molecule has 3 aromatic heterocycles. The molecule has 1 saturated carbocycles. The number of halogens is 5. The summed E-state index contributed by atoms with van der Waals surface area (Å²) in [5, 5.41) is 15.8. The van der Waals surface area contributed by atoms with Gasteiger partial charge in [0.15, 0.2) is 17.3 Å². The van der Waals surface area contributed by atoms with E-state index in [0.29, 0.717) is 29.7 Å². The largest absolute Gasteiger partial charge is 0.435 e. The first kappa shape index (κ1) is 29.8. The minimum Gasteiger partial charge on any atom is -0.379 e. The zero-order valence-corrected chi connectivity index (χ0v) is 23.7. The molecule has 3 heterocycles. The zero-order valence-electron chi connectivity index (χ0n) is 22.9. The zero-order chi connectivity index (χ0) is 30.2. The van der Waals surface area contributed by atoms with Crippen LogP contribution in [0.2, 0.25) is 5.02 Å². The van der Waals surface area contributed by atoms with Crippen molar-refractivity contribution in [1.82, 2.24) is 19.7 Å². The molecule has 1 aromatic carbocycles. The van der Waals surface area contributed by atoms with Crippen molar-refractivity contribution in [2.45, 2.75) is 57.2 Å². The molecule has 0 aliphatic heterocycles. The van der Waals surface area contributed by atoms with E-state index in [1.54, 1.807) is 31.3 Å². The molecule has 3 atom stereocenters. The fourth-order valence-corrected chi connectivity index (χ4v) is 5.20.